The summed E-state index contributed by atoms with van der Waals surface area (Å²) in [6, 6.07) is -0.194. The maximum absolute atomic E-state index is 11.3. The minimum Gasteiger partial charge on any atom is -0.312 e. The van der Waals surface area contributed by atoms with Gasteiger partial charge in [-0.25, -0.2) is 0 Å². The van der Waals surface area contributed by atoms with Crippen LogP contribution in [0.3, 0.4) is 0 Å². The summed E-state index contributed by atoms with van der Waals surface area (Å²) in [7, 11) is 0. The molecule has 0 saturated carbocycles. The second kappa shape index (κ2) is 4.37. The first-order valence-corrected chi connectivity index (χ1v) is 7.22. The smallest absolute Gasteiger partial charge is 0.249 e. The van der Waals surface area contributed by atoms with Crippen LogP contribution in [-0.4, -0.2) is 39.3 Å². The molecule has 4 atom stereocenters. The molecule has 0 aromatic rings. The molecule has 1 saturated heterocycles. The van der Waals surface area contributed by atoms with E-state index < -0.39 is 0 Å². The van der Waals surface area contributed by atoms with Crippen LogP contribution in [0.1, 0.15) is 20.8 Å². The summed E-state index contributed by atoms with van der Waals surface area (Å²) in [5.74, 6) is 1.99. The standard InChI is InChI=1S/C10H16N2OS2/c1-5-10(13)12-9(11-5)8-4-14-6(2)7(3)15-8/h5-8H,4H2,1-3H3,(H,11,12,13). The van der Waals surface area contributed by atoms with Crippen LogP contribution in [-0.2, 0) is 4.79 Å². The first-order chi connectivity index (χ1) is 7.08. The first-order valence-electron chi connectivity index (χ1n) is 5.23. The number of thioether (sulfide) groups is 2. The van der Waals surface area contributed by atoms with Crippen LogP contribution in [0.25, 0.3) is 0 Å². The molecule has 0 aromatic carbocycles. The third-order valence-corrected chi connectivity index (χ3v) is 6.22. The molecule has 0 spiro atoms. The zero-order valence-corrected chi connectivity index (χ0v) is 10.8. The van der Waals surface area contributed by atoms with Crippen LogP contribution in [0.15, 0.2) is 4.99 Å². The molecular weight excluding hydrogens is 228 g/mol. The number of hydrogen-bond donors (Lipinski definition) is 1. The largest absolute Gasteiger partial charge is 0.312 e. The van der Waals surface area contributed by atoms with E-state index >= 15 is 0 Å². The number of amides is 1. The van der Waals surface area contributed by atoms with Gasteiger partial charge < -0.3 is 5.32 Å². The number of nitrogens with one attached hydrogen (secondary N) is 1. The molecule has 84 valence electrons. The highest BCUT2D eigenvalue weighted by Gasteiger charge is 2.33. The molecule has 0 aliphatic carbocycles. The Kier molecular flexibility index (Phi) is 3.30. The van der Waals surface area contributed by atoms with Gasteiger partial charge in [-0.15, -0.1) is 11.8 Å². The fraction of sp³-hybridized carbons (Fsp3) is 0.800. The Bertz CT molecular complexity index is 306. The van der Waals surface area contributed by atoms with Gasteiger partial charge in [0.1, 0.15) is 11.9 Å². The predicted molar refractivity (Wildman–Crippen MR) is 67.8 cm³/mol. The number of hydrogen-bond acceptors (Lipinski definition) is 4. The third-order valence-electron chi connectivity index (χ3n) is 2.82. The molecule has 1 amide bonds. The molecule has 2 heterocycles. The molecule has 5 heteroatoms. The lowest BCUT2D eigenvalue weighted by Crippen LogP contribution is -2.39. The van der Waals surface area contributed by atoms with Gasteiger partial charge in [-0.2, -0.15) is 11.8 Å². The van der Waals surface area contributed by atoms with Crippen molar-refractivity contribution in [3.8, 4) is 0 Å². The minimum absolute atomic E-state index is 0.0434. The van der Waals surface area contributed by atoms with Crippen molar-refractivity contribution >= 4 is 35.3 Å². The van der Waals surface area contributed by atoms with Crippen LogP contribution >= 0.6 is 23.5 Å². The van der Waals surface area contributed by atoms with Gasteiger partial charge in [-0.1, -0.05) is 13.8 Å². The van der Waals surface area contributed by atoms with Crippen LogP contribution in [0.4, 0.5) is 0 Å². The Hall–Kier alpha value is -0.160. The quantitative estimate of drug-likeness (QED) is 0.760. The van der Waals surface area contributed by atoms with E-state index in [0.29, 0.717) is 15.7 Å². The molecule has 2 aliphatic heterocycles. The van der Waals surface area contributed by atoms with Crippen LogP contribution in [0.2, 0.25) is 0 Å². The SMILES string of the molecule is CC1N=C(C2CSC(C)C(C)S2)NC1=O. The maximum Gasteiger partial charge on any atom is 0.249 e. The van der Waals surface area contributed by atoms with Crippen LogP contribution in [0, 0.1) is 0 Å². The topological polar surface area (TPSA) is 41.5 Å². The molecule has 2 rings (SSSR count). The molecular formula is C10H16N2OS2. The molecule has 1 N–H and O–H groups in total. The van der Waals surface area contributed by atoms with Gasteiger partial charge in [0.2, 0.25) is 5.91 Å². The Labute approximate surface area is 98.9 Å². The molecule has 1 fully saturated rings. The summed E-state index contributed by atoms with van der Waals surface area (Å²) in [6.45, 7) is 6.35. The highest BCUT2D eigenvalue weighted by molar-refractivity contribution is 8.08. The molecule has 3 nitrogen and oxygen atoms in total. The Morgan fingerprint density at radius 1 is 1.33 bits per heavy atom. The number of rotatable bonds is 1. The van der Waals surface area contributed by atoms with Crippen molar-refractivity contribution in [3.05, 3.63) is 0 Å². The number of carbonyl (C=O) groups is 1. The van der Waals surface area contributed by atoms with E-state index in [9.17, 15) is 4.79 Å². The van der Waals surface area contributed by atoms with E-state index in [0.717, 1.165) is 11.6 Å². The van der Waals surface area contributed by atoms with Gasteiger partial charge in [-0.05, 0) is 6.92 Å². The molecule has 4 unspecified atom stereocenters. The summed E-state index contributed by atoms with van der Waals surface area (Å²) >= 11 is 3.90. The van der Waals surface area contributed by atoms with Crippen molar-refractivity contribution in [2.75, 3.05) is 5.75 Å². The number of amidine groups is 1. The van der Waals surface area contributed by atoms with Crippen LogP contribution in [0.5, 0.6) is 0 Å². The van der Waals surface area contributed by atoms with Crippen molar-refractivity contribution in [2.24, 2.45) is 4.99 Å². The summed E-state index contributed by atoms with van der Waals surface area (Å²) in [6.07, 6.45) is 0. The summed E-state index contributed by atoms with van der Waals surface area (Å²) in [5, 5.41) is 4.58. The van der Waals surface area contributed by atoms with E-state index in [-0.39, 0.29) is 11.9 Å². The zero-order valence-electron chi connectivity index (χ0n) is 9.19. The number of carbonyl (C=O) groups excluding carboxylic acids is 1. The van der Waals surface area contributed by atoms with Gasteiger partial charge in [-0.3, -0.25) is 9.79 Å². The predicted octanol–water partition coefficient (Wildman–Crippen LogP) is 1.53. The fourth-order valence-electron chi connectivity index (χ4n) is 1.62. The monoisotopic (exact) mass is 244 g/mol. The van der Waals surface area contributed by atoms with Crippen molar-refractivity contribution < 1.29 is 4.79 Å². The third kappa shape index (κ3) is 2.33. The number of aliphatic imine (C=N–C) groups is 1. The second-order valence-corrected chi connectivity index (χ2v) is 7.04. The average Bonchev–Trinajstić information content (AvgIpc) is 2.52. The van der Waals surface area contributed by atoms with E-state index in [1.807, 2.05) is 30.4 Å². The highest BCUT2D eigenvalue weighted by atomic mass is 32.2. The fourth-order valence-corrected chi connectivity index (χ4v) is 4.49. The maximum atomic E-state index is 11.3. The lowest BCUT2D eigenvalue weighted by molar-refractivity contribution is -0.119. The molecule has 0 bridgehead atoms. The normalized spacial score (nSPS) is 41.3. The molecule has 0 aromatic heterocycles. The Morgan fingerprint density at radius 2 is 2.07 bits per heavy atom. The minimum atomic E-state index is -0.194. The summed E-state index contributed by atoms with van der Waals surface area (Å²) in [5.41, 5.74) is 0. The van der Waals surface area contributed by atoms with Crippen LogP contribution < -0.4 is 5.32 Å². The molecule has 2 aliphatic rings. The van der Waals surface area contributed by atoms with Gasteiger partial charge in [0.05, 0.1) is 5.25 Å². The van der Waals surface area contributed by atoms with E-state index in [2.05, 4.69) is 24.2 Å². The van der Waals surface area contributed by atoms with Gasteiger partial charge in [0.15, 0.2) is 0 Å². The van der Waals surface area contributed by atoms with Crippen molar-refractivity contribution in [1.29, 1.82) is 0 Å². The van der Waals surface area contributed by atoms with Gasteiger partial charge >= 0.3 is 0 Å². The van der Waals surface area contributed by atoms with E-state index in [4.69, 9.17) is 0 Å². The lowest BCUT2D eigenvalue weighted by atomic mass is 10.3. The second-order valence-electron chi connectivity index (χ2n) is 4.05. The van der Waals surface area contributed by atoms with E-state index in [1.165, 1.54) is 0 Å². The zero-order chi connectivity index (χ0) is 11.0. The molecule has 0 radical (unpaired) electrons. The van der Waals surface area contributed by atoms with Gasteiger partial charge in [0.25, 0.3) is 0 Å². The summed E-state index contributed by atoms with van der Waals surface area (Å²) < 4.78 is 0. The summed E-state index contributed by atoms with van der Waals surface area (Å²) in [4.78, 5) is 15.7. The lowest BCUT2D eigenvalue weighted by Gasteiger charge is -2.30. The van der Waals surface area contributed by atoms with Crippen molar-refractivity contribution in [1.82, 2.24) is 5.32 Å². The highest BCUT2D eigenvalue weighted by Crippen LogP contribution is 2.36. The first kappa shape index (κ1) is 11.3. The Morgan fingerprint density at radius 3 is 2.60 bits per heavy atom. The molecule has 15 heavy (non-hydrogen) atoms. The Balaban J connectivity index is 2.01. The van der Waals surface area contributed by atoms with E-state index in [1.54, 1.807) is 0 Å². The average molecular weight is 244 g/mol. The number of nitrogens with zero attached hydrogens (tertiary/aromatic N) is 1. The van der Waals surface area contributed by atoms with Crippen molar-refractivity contribution in [3.63, 3.8) is 0 Å². The van der Waals surface area contributed by atoms with Crippen molar-refractivity contribution in [2.45, 2.75) is 42.6 Å². The van der Waals surface area contributed by atoms with Gasteiger partial charge in [0, 0.05) is 16.3 Å².